The number of hydrogen-bond acceptors (Lipinski definition) is 0. The first-order valence-corrected chi connectivity index (χ1v) is 11.4. The van der Waals surface area contributed by atoms with E-state index in [9.17, 15) is 0 Å². The largest absolute Gasteiger partial charge is 0.0625 e. The molecule has 0 aromatic heterocycles. The van der Waals surface area contributed by atoms with Gasteiger partial charge in [0, 0.05) is 11.8 Å². The van der Waals surface area contributed by atoms with Gasteiger partial charge in [-0.1, -0.05) is 113 Å². The Morgan fingerprint density at radius 2 is 1.03 bits per heavy atom. The molecule has 0 radical (unpaired) electrons. The summed E-state index contributed by atoms with van der Waals surface area (Å²) in [5, 5.41) is 0. The van der Waals surface area contributed by atoms with Crippen LogP contribution in [0.5, 0.6) is 0 Å². The van der Waals surface area contributed by atoms with E-state index in [1.807, 2.05) is 0 Å². The quantitative estimate of drug-likeness (QED) is 0.468. The van der Waals surface area contributed by atoms with Gasteiger partial charge in [0.1, 0.15) is 0 Å². The van der Waals surface area contributed by atoms with Crippen molar-refractivity contribution >= 4 is 12.2 Å². The predicted octanol–water partition coefficient (Wildman–Crippen LogP) is 8.47. The lowest BCUT2D eigenvalue weighted by atomic mass is 9.61. The van der Waals surface area contributed by atoms with Crippen molar-refractivity contribution in [1.29, 1.82) is 0 Å². The number of allylic oxidation sites excluding steroid dienone is 2. The van der Waals surface area contributed by atoms with Crippen molar-refractivity contribution in [3.63, 3.8) is 0 Å². The van der Waals surface area contributed by atoms with Crippen molar-refractivity contribution < 1.29 is 0 Å². The van der Waals surface area contributed by atoms with Gasteiger partial charge in [0.15, 0.2) is 0 Å². The average molecular weight is 385 g/mol. The van der Waals surface area contributed by atoms with Gasteiger partial charge in [-0.2, -0.15) is 0 Å². The van der Waals surface area contributed by atoms with E-state index in [-0.39, 0.29) is 5.41 Å². The van der Waals surface area contributed by atoms with E-state index in [0.29, 0.717) is 23.7 Å². The van der Waals surface area contributed by atoms with Crippen molar-refractivity contribution in [2.45, 2.75) is 66.2 Å². The minimum Gasteiger partial charge on any atom is -0.0625 e. The summed E-state index contributed by atoms with van der Waals surface area (Å²) in [6, 6.07) is 18.2. The maximum absolute atomic E-state index is 2.52. The van der Waals surface area contributed by atoms with E-state index in [1.165, 1.54) is 35.1 Å². The molecule has 0 N–H and O–H groups in total. The molecule has 152 valence electrons. The first-order valence-electron chi connectivity index (χ1n) is 11.4. The Balaban J connectivity index is 1.82. The molecule has 29 heavy (non-hydrogen) atoms. The fourth-order valence-electron chi connectivity index (χ4n) is 6.00. The third kappa shape index (κ3) is 3.63. The molecular weight excluding hydrogens is 348 g/mol. The Bertz CT molecular complexity index is 874. The van der Waals surface area contributed by atoms with Crippen LogP contribution in [0.1, 0.15) is 88.5 Å². The summed E-state index contributed by atoms with van der Waals surface area (Å²) in [4.78, 5) is 0. The Kier molecular flexibility index (Phi) is 5.32. The summed E-state index contributed by atoms with van der Waals surface area (Å²) in [6.07, 6.45) is 7.35. The smallest absolute Gasteiger partial charge is 0.0118 e. The molecule has 0 saturated carbocycles. The van der Waals surface area contributed by atoms with Gasteiger partial charge in [-0.3, -0.25) is 0 Å². The second-order valence-corrected chi connectivity index (χ2v) is 10.6. The van der Waals surface area contributed by atoms with Crippen LogP contribution in [-0.2, 0) is 0 Å². The van der Waals surface area contributed by atoms with Crippen LogP contribution in [0.25, 0.3) is 12.2 Å². The molecule has 2 aliphatic rings. The van der Waals surface area contributed by atoms with Crippen molar-refractivity contribution in [3.05, 3.63) is 81.9 Å². The Morgan fingerprint density at radius 3 is 1.41 bits per heavy atom. The summed E-state index contributed by atoms with van der Waals surface area (Å²) in [5.74, 6) is 2.31. The molecular formula is C29H36. The molecule has 2 atom stereocenters. The van der Waals surface area contributed by atoms with Crippen molar-refractivity contribution in [3.8, 4) is 0 Å². The van der Waals surface area contributed by atoms with Crippen LogP contribution < -0.4 is 0 Å². The fourth-order valence-corrected chi connectivity index (χ4v) is 6.00. The van der Waals surface area contributed by atoms with Crippen molar-refractivity contribution in [2.75, 3.05) is 0 Å². The van der Waals surface area contributed by atoms with Crippen LogP contribution in [0.4, 0.5) is 0 Å². The van der Waals surface area contributed by atoms with Gasteiger partial charge < -0.3 is 0 Å². The molecule has 0 heterocycles. The van der Waals surface area contributed by atoms with Crippen LogP contribution in [0.15, 0.2) is 59.7 Å². The lowest BCUT2D eigenvalue weighted by molar-refractivity contribution is 0.263. The minimum absolute atomic E-state index is 0.126. The third-order valence-electron chi connectivity index (χ3n) is 6.81. The molecule has 0 bridgehead atoms. The van der Waals surface area contributed by atoms with E-state index in [4.69, 9.17) is 0 Å². The molecule has 0 fully saturated rings. The maximum atomic E-state index is 2.52. The topological polar surface area (TPSA) is 0 Å². The monoisotopic (exact) mass is 384 g/mol. The van der Waals surface area contributed by atoms with Gasteiger partial charge in [0.05, 0.1) is 0 Å². The van der Waals surface area contributed by atoms with Gasteiger partial charge in [-0.05, 0) is 52.3 Å². The number of hydrogen-bond donors (Lipinski definition) is 0. The average Bonchev–Trinajstić information content (AvgIpc) is 3.18. The first-order chi connectivity index (χ1) is 13.8. The zero-order chi connectivity index (χ0) is 20.8. The highest BCUT2D eigenvalue weighted by Crippen LogP contribution is 2.59. The zero-order valence-electron chi connectivity index (χ0n) is 19.0. The van der Waals surface area contributed by atoms with Crippen molar-refractivity contribution in [1.82, 2.24) is 0 Å². The zero-order valence-corrected chi connectivity index (χ0v) is 19.0. The normalized spacial score (nSPS) is 20.7. The number of fused-ring (bicyclic) bond motifs is 2. The molecule has 0 amide bonds. The van der Waals surface area contributed by atoms with Gasteiger partial charge >= 0.3 is 0 Å². The molecule has 2 aromatic rings. The van der Waals surface area contributed by atoms with Crippen LogP contribution in [0, 0.1) is 17.3 Å². The molecule has 0 aliphatic heterocycles. The minimum atomic E-state index is 0.126. The molecule has 2 aromatic carbocycles. The molecule has 0 saturated heterocycles. The van der Waals surface area contributed by atoms with E-state index >= 15 is 0 Å². The molecule has 0 spiro atoms. The lowest BCUT2D eigenvalue weighted by Crippen LogP contribution is -2.31. The molecule has 2 aliphatic carbocycles. The third-order valence-corrected chi connectivity index (χ3v) is 6.81. The van der Waals surface area contributed by atoms with Crippen molar-refractivity contribution in [2.24, 2.45) is 17.3 Å². The lowest BCUT2D eigenvalue weighted by Gasteiger charge is -2.42. The first kappa shape index (κ1) is 20.2. The summed E-state index contributed by atoms with van der Waals surface area (Å²) in [5.41, 5.74) is 9.30. The molecule has 2 unspecified atom stereocenters. The van der Waals surface area contributed by atoms with Crippen LogP contribution >= 0.6 is 0 Å². The predicted molar refractivity (Wildman–Crippen MR) is 127 cm³/mol. The fraction of sp³-hybridized carbons (Fsp3) is 0.448. The van der Waals surface area contributed by atoms with Gasteiger partial charge in [-0.15, -0.1) is 0 Å². The van der Waals surface area contributed by atoms with Crippen LogP contribution in [0.3, 0.4) is 0 Å². The van der Waals surface area contributed by atoms with E-state index < -0.39 is 0 Å². The van der Waals surface area contributed by atoms with Crippen LogP contribution in [-0.4, -0.2) is 0 Å². The summed E-state index contributed by atoms with van der Waals surface area (Å²) >= 11 is 0. The van der Waals surface area contributed by atoms with Crippen LogP contribution in [0.2, 0.25) is 0 Å². The highest BCUT2D eigenvalue weighted by molar-refractivity contribution is 5.71. The Labute approximate surface area is 177 Å². The van der Waals surface area contributed by atoms with Gasteiger partial charge in [0.25, 0.3) is 0 Å². The van der Waals surface area contributed by atoms with E-state index in [2.05, 4.69) is 102 Å². The SMILES string of the molecule is CC(C)CC1=Cc2ccccc2C1C(C)(C)C1C(CC(C)C)=Cc2ccccc21. The summed E-state index contributed by atoms with van der Waals surface area (Å²) < 4.78 is 0. The summed E-state index contributed by atoms with van der Waals surface area (Å²) in [6.45, 7) is 14.4. The molecule has 4 rings (SSSR count). The Hall–Kier alpha value is -2.08. The Morgan fingerprint density at radius 1 is 0.655 bits per heavy atom. The van der Waals surface area contributed by atoms with E-state index in [1.54, 1.807) is 11.1 Å². The standard InChI is InChI=1S/C29H36/c1-19(2)15-23-17-21-11-7-9-13-25(21)27(23)29(5,6)28-24(16-20(3)4)18-22-12-8-10-14-26(22)28/h7-14,17-20,27-28H,15-16H2,1-6H3. The second kappa shape index (κ2) is 7.63. The van der Waals surface area contributed by atoms with Gasteiger partial charge in [-0.25, -0.2) is 0 Å². The molecule has 0 heteroatoms. The highest BCUT2D eigenvalue weighted by atomic mass is 14.5. The summed E-state index contributed by atoms with van der Waals surface area (Å²) in [7, 11) is 0. The maximum Gasteiger partial charge on any atom is 0.0118 e. The van der Waals surface area contributed by atoms with Gasteiger partial charge in [0.2, 0.25) is 0 Å². The van der Waals surface area contributed by atoms with E-state index in [0.717, 1.165) is 0 Å². The molecule has 0 nitrogen and oxygen atoms in total. The number of rotatable bonds is 6. The highest BCUT2D eigenvalue weighted by Gasteiger charge is 2.46. The second-order valence-electron chi connectivity index (χ2n) is 10.6. The number of benzene rings is 2.